The Labute approximate surface area is 189 Å². The predicted molar refractivity (Wildman–Crippen MR) is 131 cm³/mol. The number of hydrogen-bond donors (Lipinski definition) is 0. The van der Waals surface area contributed by atoms with Crippen LogP contribution in [-0.2, 0) is 9.59 Å². The first kappa shape index (κ1) is 21.6. The van der Waals surface area contributed by atoms with Gasteiger partial charge in [-0.3, -0.25) is 14.5 Å². The first-order valence-corrected chi connectivity index (χ1v) is 10.9. The molecule has 3 aromatic rings. The molecule has 1 heterocycles. The van der Waals surface area contributed by atoms with Crippen LogP contribution >= 0.6 is 0 Å². The highest BCUT2D eigenvalue weighted by Crippen LogP contribution is 2.32. The van der Waals surface area contributed by atoms with E-state index in [0.29, 0.717) is 0 Å². The van der Waals surface area contributed by atoms with Crippen LogP contribution in [0.25, 0.3) is 6.08 Å². The highest BCUT2D eigenvalue weighted by Gasteiger charge is 2.42. The van der Waals surface area contributed by atoms with Gasteiger partial charge in [-0.25, -0.2) is 0 Å². The molecule has 0 aliphatic carbocycles. The van der Waals surface area contributed by atoms with Gasteiger partial charge in [0.05, 0.1) is 0 Å². The maximum atomic E-state index is 13.9. The van der Waals surface area contributed by atoms with E-state index < -0.39 is 6.04 Å². The molecule has 1 fully saturated rings. The number of carbonyl (C=O) groups is 2. The summed E-state index contributed by atoms with van der Waals surface area (Å²) in [6.45, 7) is 7.97. The van der Waals surface area contributed by atoms with Crippen molar-refractivity contribution in [1.29, 1.82) is 0 Å². The maximum absolute atomic E-state index is 13.9. The second-order valence-electron chi connectivity index (χ2n) is 8.44. The fourth-order valence-corrected chi connectivity index (χ4v) is 4.21. The van der Waals surface area contributed by atoms with Gasteiger partial charge in [-0.05, 0) is 68.2 Å². The number of nitrogens with zero attached hydrogens (tertiary/aromatic N) is 2. The zero-order valence-electron chi connectivity index (χ0n) is 19.0. The van der Waals surface area contributed by atoms with Crippen LogP contribution in [0.4, 0.5) is 11.4 Å². The largest absolute Gasteiger partial charge is 0.301 e. The van der Waals surface area contributed by atoms with E-state index in [9.17, 15) is 9.59 Å². The molecule has 0 N–H and O–H groups in total. The summed E-state index contributed by atoms with van der Waals surface area (Å²) in [5, 5.41) is 0. The fraction of sp³-hybridized carbons (Fsp3) is 0.214. The number of rotatable bonds is 4. The molecule has 0 saturated carbocycles. The normalized spacial score (nSPS) is 17.1. The molecule has 1 atom stereocenters. The Balaban J connectivity index is 1.82. The molecule has 162 valence electrons. The Hall–Kier alpha value is -3.66. The van der Waals surface area contributed by atoms with Crippen molar-refractivity contribution in [2.75, 3.05) is 16.3 Å². The topological polar surface area (TPSA) is 40.6 Å². The van der Waals surface area contributed by atoms with Crippen molar-refractivity contribution in [2.24, 2.45) is 0 Å². The van der Waals surface area contributed by atoms with Gasteiger partial charge in [0.25, 0.3) is 5.91 Å². The first-order valence-electron chi connectivity index (χ1n) is 10.9. The standard InChI is InChI=1S/C28H28N2O2/c1-19-13-15-24(16-14-19)30-26(31)18-29(25-12-8-9-20(2)22(25)4)28(32)27(30)21(3)17-23-10-6-5-7-11-23/h5-17,27H,18H2,1-4H3/b21-17-/t27-/m0/s1. The lowest BCUT2D eigenvalue weighted by Gasteiger charge is -2.41. The van der Waals surface area contributed by atoms with Crippen molar-refractivity contribution in [3.63, 3.8) is 0 Å². The average Bonchev–Trinajstić information content (AvgIpc) is 2.78. The van der Waals surface area contributed by atoms with E-state index in [-0.39, 0.29) is 18.4 Å². The molecule has 0 unspecified atom stereocenters. The lowest BCUT2D eigenvalue weighted by Crippen LogP contribution is -2.61. The van der Waals surface area contributed by atoms with E-state index >= 15 is 0 Å². The Morgan fingerprint density at radius 2 is 1.56 bits per heavy atom. The molecular formula is C28H28N2O2. The van der Waals surface area contributed by atoms with Gasteiger partial charge in [0.1, 0.15) is 12.6 Å². The van der Waals surface area contributed by atoms with Crippen molar-refractivity contribution in [2.45, 2.75) is 33.7 Å². The Morgan fingerprint density at radius 3 is 2.25 bits per heavy atom. The predicted octanol–water partition coefficient (Wildman–Crippen LogP) is 5.46. The second kappa shape index (κ2) is 8.83. The average molecular weight is 425 g/mol. The van der Waals surface area contributed by atoms with Crippen LogP contribution in [0.2, 0.25) is 0 Å². The fourth-order valence-electron chi connectivity index (χ4n) is 4.21. The third-order valence-electron chi connectivity index (χ3n) is 6.12. The highest BCUT2D eigenvalue weighted by atomic mass is 16.2. The number of hydrogen-bond acceptors (Lipinski definition) is 2. The van der Waals surface area contributed by atoms with Crippen LogP contribution in [0, 0.1) is 20.8 Å². The van der Waals surface area contributed by atoms with Crippen LogP contribution in [-0.4, -0.2) is 24.4 Å². The van der Waals surface area contributed by atoms with Gasteiger partial charge in [-0.15, -0.1) is 0 Å². The Kier molecular flexibility index (Phi) is 5.95. The van der Waals surface area contributed by atoms with Crippen molar-refractivity contribution in [3.8, 4) is 0 Å². The second-order valence-corrected chi connectivity index (χ2v) is 8.44. The van der Waals surface area contributed by atoms with Crippen molar-refractivity contribution in [3.05, 3.63) is 101 Å². The minimum atomic E-state index is -0.709. The van der Waals surface area contributed by atoms with Gasteiger partial charge in [-0.1, -0.05) is 66.2 Å². The molecule has 2 amide bonds. The molecule has 1 saturated heterocycles. The molecule has 1 aliphatic heterocycles. The number of aryl methyl sites for hydroxylation is 2. The number of anilines is 2. The van der Waals surface area contributed by atoms with Crippen molar-refractivity contribution < 1.29 is 9.59 Å². The summed E-state index contributed by atoms with van der Waals surface area (Å²) in [6.07, 6.45) is 1.99. The molecule has 0 bridgehead atoms. The summed E-state index contributed by atoms with van der Waals surface area (Å²) >= 11 is 0. The van der Waals surface area contributed by atoms with E-state index in [1.54, 1.807) is 9.80 Å². The van der Waals surface area contributed by atoms with E-state index in [4.69, 9.17) is 0 Å². The van der Waals surface area contributed by atoms with Crippen LogP contribution < -0.4 is 9.80 Å². The van der Waals surface area contributed by atoms with Gasteiger partial charge < -0.3 is 4.90 Å². The maximum Gasteiger partial charge on any atom is 0.254 e. The zero-order chi connectivity index (χ0) is 22.8. The number of carbonyl (C=O) groups excluding carboxylic acids is 2. The van der Waals surface area contributed by atoms with Crippen LogP contribution in [0.15, 0.2) is 78.4 Å². The van der Waals surface area contributed by atoms with E-state index in [2.05, 4.69) is 0 Å². The third kappa shape index (κ3) is 4.09. The van der Waals surface area contributed by atoms with Crippen LogP contribution in [0.1, 0.15) is 29.2 Å². The van der Waals surface area contributed by atoms with Gasteiger partial charge in [0, 0.05) is 11.4 Å². The molecule has 1 aliphatic rings. The number of amides is 2. The van der Waals surface area contributed by atoms with Gasteiger partial charge >= 0.3 is 0 Å². The lowest BCUT2D eigenvalue weighted by atomic mass is 9.97. The molecule has 0 radical (unpaired) electrons. The number of benzene rings is 3. The van der Waals surface area contributed by atoms with E-state index in [1.807, 2.05) is 107 Å². The molecule has 4 rings (SSSR count). The smallest absolute Gasteiger partial charge is 0.254 e. The highest BCUT2D eigenvalue weighted by molar-refractivity contribution is 6.16. The molecule has 4 heteroatoms. The molecule has 0 aromatic heterocycles. The van der Waals surface area contributed by atoms with Crippen molar-refractivity contribution >= 4 is 29.3 Å². The quantitative estimate of drug-likeness (QED) is 0.558. The van der Waals surface area contributed by atoms with Gasteiger partial charge in [-0.2, -0.15) is 0 Å². The van der Waals surface area contributed by atoms with E-state index in [0.717, 1.165) is 39.2 Å². The molecular weight excluding hydrogens is 396 g/mol. The summed E-state index contributed by atoms with van der Waals surface area (Å²) in [5.41, 5.74) is 6.57. The lowest BCUT2D eigenvalue weighted by molar-refractivity contribution is -0.127. The molecule has 3 aromatic carbocycles. The summed E-state index contributed by atoms with van der Waals surface area (Å²) in [5.74, 6) is -0.191. The van der Waals surface area contributed by atoms with Crippen LogP contribution in [0.3, 0.4) is 0 Å². The SMILES string of the molecule is C/C(=C/c1ccccc1)[C@H]1C(=O)N(c2cccc(C)c2C)CC(=O)N1c1ccc(C)cc1. The summed E-state index contributed by atoms with van der Waals surface area (Å²) in [6, 6.07) is 22.8. The molecule has 0 spiro atoms. The summed E-state index contributed by atoms with van der Waals surface area (Å²) in [4.78, 5) is 30.7. The first-order chi connectivity index (χ1) is 15.4. The van der Waals surface area contributed by atoms with E-state index in [1.165, 1.54) is 0 Å². The summed E-state index contributed by atoms with van der Waals surface area (Å²) in [7, 11) is 0. The molecule has 32 heavy (non-hydrogen) atoms. The van der Waals surface area contributed by atoms with Crippen molar-refractivity contribution in [1.82, 2.24) is 0 Å². The number of piperazine rings is 1. The molecule has 4 nitrogen and oxygen atoms in total. The Morgan fingerprint density at radius 1 is 0.875 bits per heavy atom. The third-order valence-corrected chi connectivity index (χ3v) is 6.12. The van der Waals surface area contributed by atoms with Crippen LogP contribution in [0.5, 0.6) is 0 Å². The monoisotopic (exact) mass is 424 g/mol. The summed E-state index contributed by atoms with van der Waals surface area (Å²) < 4.78 is 0. The minimum Gasteiger partial charge on any atom is -0.301 e. The minimum absolute atomic E-state index is 0.0200. The zero-order valence-corrected chi connectivity index (χ0v) is 19.0. The Bertz CT molecular complexity index is 1180. The van der Waals surface area contributed by atoms with Gasteiger partial charge in [0.2, 0.25) is 5.91 Å². The van der Waals surface area contributed by atoms with Gasteiger partial charge in [0.15, 0.2) is 0 Å².